The van der Waals surface area contributed by atoms with Crippen molar-refractivity contribution in [3.05, 3.63) is 65.3 Å². The van der Waals surface area contributed by atoms with E-state index in [2.05, 4.69) is 0 Å². The largest absolute Gasteiger partial charge is 0.497 e. The van der Waals surface area contributed by atoms with Gasteiger partial charge in [-0.05, 0) is 30.3 Å². The lowest BCUT2D eigenvalue weighted by atomic mass is 10.1. The fraction of sp³-hybridized carbons (Fsp3) is 0.261. The maximum atomic E-state index is 13.4. The lowest BCUT2D eigenvalue weighted by Gasteiger charge is -2.34. The fourth-order valence-electron chi connectivity index (χ4n) is 3.65. The molecule has 4 rings (SSSR count). The number of rotatable bonds is 4. The van der Waals surface area contributed by atoms with E-state index in [1.54, 1.807) is 40.6 Å². The number of piperazine rings is 1. The smallest absolute Gasteiger partial charge is 0.272 e. The first-order valence-corrected chi connectivity index (χ1v) is 10.4. The molecule has 1 aliphatic heterocycles. The van der Waals surface area contributed by atoms with Crippen LogP contribution in [0.2, 0.25) is 5.02 Å². The van der Waals surface area contributed by atoms with Gasteiger partial charge in [0.05, 0.1) is 23.5 Å². The van der Waals surface area contributed by atoms with Gasteiger partial charge in [0.25, 0.3) is 5.91 Å². The molecule has 31 heavy (non-hydrogen) atoms. The number of benzene rings is 2. The first kappa shape index (κ1) is 20.9. The molecule has 0 N–H and O–H groups in total. The summed E-state index contributed by atoms with van der Waals surface area (Å²) in [6.45, 7) is 3.53. The van der Waals surface area contributed by atoms with Crippen molar-refractivity contribution < 1.29 is 14.3 Å². The zero-order valence-electron chi connectivity index (χ0n) is 17.4. The highest BCUT2D eigenvalue weighted by molar-refractivity contribution is 6.32. The molecule has 2 heterocycles. The Hall–Kier alpha value is -3.32. The summed E-state index contributed by atoms with van der Waals surface area (Å²) < 4.78 is 6.92. The third-order valence-electron chi connectivity index (χ3n) is 5.39. The van der Waals surface area contributed by atoms with Crippen LogP contribution in [0.4, 0.5) is 0 Å². The van der Waals surface area contributed by atoms with Gasteiger partial charge in [-0.2, -0.15) is 5.10 Å². The lowest BCUT2D eigenvalue weighted by Crippen LogP contribution is -2.50. The van der Waals surface area contributed by atoms with Crippen molar-refractivity contribution in [2.24, 2.45) is 0 Å². The fourth-order valence-corrected chi connectivity index (χ4v) is 3.87. The van der Waals surface area contributed by atoms with Gasteiger partial charge >= 0.3 is 0 Å². The molecule has 2 aromatic carbocycles. The Morgan fingerprint density at radius 2 is 1.68 bits per heavy atom. The molecule has 8 heteroatoms. The van der Waals surface area contributed by atoms with E-state index in [9.17, 15) is 9.59 Å². The zero-order valence-corrected chi connectivity index (χ0v) is 18.2. The molecule has 0 aliphatic carbocycles. The third kappa shape index (κ3) is 4.27. The summed E-state index contributed by atoms with van der Waals surface area (Å²) in [7, 11) is 1.61. The van der Waals surface area contributed by atoms with E-state index < -0.39 is 0 Å². The first-order chi connectivity index (χ1) is 15.0. The minimum atomic E-state index is -0.148. The standard InChI is InChI=1S/C23H23ClN4O3/c1-16(29)26-10-12-27(13-11-26)23(30)22-15-20(17-6-5-7-18(14-17)31-2)25-28(22)21-9-4-3-8-19(21)24/h3-9,14-15H,10-13H2,1-2H3. The van der Waals surface area contributed by atoms with E-state index in [1.165, 1.54) is 0 Å². The summed E-state index contributed by atoms with van der Waals surface area (Å²) in [5.41, 5.74) is 2.52. The van der Waals surface area contributed by atoms with Gasteiger partial charge in [0.2, 0.25) is 5.91 Å². The van der Waals surface area contributed by atoms with E-state index in [0.29, 0.717) is 54.0 Å². The Labute approximate surface area is 185 Å². The minimum Gasteiger partial charge on any atom is -0.497 e. The van der Waals surface area contributed by atoms with Crippen molar-refractivity contribution in [3.8, 4) is 22.7 Å². The van der Waals surface area contributed by atoms with E-state index in [-0.39, 0.29) is 11.8 Å². The number of carbonyl (C=O) groups excluding carboxylic acids is 2. The molecule has 0 atom stereocenters. The van der Waals surface area contributed by atoms with E-state index in [1.807, 2.05) is 42.5 Å². The summed E-state index contributed by atoms with van der Waals surface area (Å²) in [4.78, 5) is 28.6. The van der Waals surface area contributed by atoms with Gasteiger partial charge < -0.3 is 14.5 Å². The van der Waals surface area contributed by atoms with Crippen molar-refractivity contribution in [2.45, 2.75) is 6.92 Å². The van der Waals surface area contributed by atoms with Crippen LogP contribution in [0.3, 0.4) is 0 Å². The third-order valence-corrected chi connectivity index (χ3v) is 5.71. The highest BCUT2D eigenvalue weighted by atomic mass is 35.5. The second-order valence-corrected chi connectivity index (χ2v) is 7.72. The van der Waals surface area contributed by atoms with Gasteiger partial charge in [-0.1, -0.05) is 35.9 Å². The van der Waals surface area contributed by atoms with Crippen molar-refractivity contribution in [3.63, 3.8) is 0 Å². The van der Waals surface area contributed by atoms with Crippen molar-refractivity contribution in [1.82, 2.24) is 19.6 Å². The maximum absolute atomic E-state index is 13.4. The molecule has 0 radical (unpaired) electrons. The Balaban J connectivity index is 1.73. The summed E-state index contributed by atoms with van der Waals surface area (Å²) in [6.07, 6.45) is 0. The SMILES string of the molecule is COc1cccc(-c2cc(C(=O)N3CCN(C(C)=O)CC3)n(-c3ccccc3Cl)n2)c1. The number of amides is 2. The summed E-state index contributed by atoms with van der Waals surface area (Å²) in [5, 5.41) is 5.21. The first-order valence-electron chi connectivity index (χ1n) is 10.0. The highest BCUT2D eigenvalue weighted by Gasteiger charge is 2.27. The van der Waals surface area contributed by atoms with E-state index in [4.69, 9.17) is 21.4 Å². The maximum Gasteiger partial charge on any atom is 0.272 e. The lowest BCUT2D eigenvalue weighted by molar-refractivity contribution is -0.130. The number of nitrogens with zero attached hydrogens (tertiary/aromatic N) is 4. The number of para-hydroxylation sites is 1. The van der Waals surface area contributed by atoms with Gasteiger partial charge in [0.15, 0.2) is 0 Å². The molecule has 160 valence electrons. The normalized spacial score (nSPS) is 13.9. The molecule has 1 aromatic heterocycles. The second kappa shape index (κ2) is 8.81. The second-order valence-electron chi connectivity index (χ2n) is 7.31. The molecule has 0 bridgehead atoms. The van der Waals surface area contributed by atoms with Crippen molar-refractivity contribution in [1.29, 1.82) is 0 Å². The molecular formula is C23H23ClN4O3. The number of carbonyl (C=O) groups is 2. The summed E-state index contributed by atoms with van der Waals surface area (Å²) in [5.74, 6) is 0.580. The van der Waals surface area contributed by atoms with Crippen LogP contribution in [0.5, 0.6) is 5.75 Å². The van der Waals surface area contributed by atoms with Gasteiger partial charge in [-0.15, -0.1) is 0 Å². The molecule has 3 aromatic rings. The predicted molar refractivity (Wildman–Crippen MR) is 119 cm³/mol. The number of ether oxygens (including phenoxy) is 1. The number of halogens is 1. The Kier molecular flexibility index (Phi) is 5.95. The number of aromatic nitrogens is 2. The quantitative estimate of drug-likeness (QED) is 0.625. The molecule has 0 unspecified atom stereocenters. The topological polar surface area (TPSA) is 67.7 Å². The van der Waals surface area contributed by atoms with Crippen LogP contribution >= 0.6 is 11.6 Å². The highest BCUT2D eigenvalue weighted by Crippen LogP contribution is 2.28. The number of methoxy groups -OCH3 is 1. The van der Waals surface area contributed by atoms with Gasteiger partial charge in [-0.25, -0.2) is 4.68 Å². The average molecular weight is 439 g/mol. The molecule has 1 saturated heterocycles. The van der Waals surface area contributed by atoms with E-state index >= 15 is 0 Å². The Bertz CT molecular complexity index is 1120. The van der Waals surface area contributed by atoms with Gasteiger partial charge in [-0.3, -0.25) is 9.59 Å². The van der Waals surface area contributed by atoms with Crippen LogP contribution in [-0.4, -0.2) is 64.7 Å². The van der Waals surface area contributed by atoms with E-state index in [0.717, 1.165) is 5.56 Å². The Morgan fingerprint density at radius 3 is 2.35 bits per heavy atom. The van der Waals surface area contributed by atoms with Crippen LogP contribution in [-0.2, 0) is 4.79 Å². The zero-order chi connectivity index (χ0) is 22.0. The van der Waals surface area contributed by atoms with Crippen molar-refractivity contribution >= 4 is 23.4 Å². The minimum absolute atomic E-state index is 0.0218. The molecule has 7 nitrogen and oxygen atoms in total. The predicted octanol–water partition coefficient (Wildman–Crippen LogP) is 3.51. The Morgan fingerprint density at radius 1 is 0.968 bits per heavy atom. The molecule has 0 saturated carbocycles. The number of hydrogen-bond donors (Lipinski definition) is 0. The monoisotopic (exact) mass is 438 g/mol. The van der Waals surface area contributed by atoms with Crippen LogP contribution in [0.15, 0.2) is 54.6 Å². The molecule has 1 fully saturated rings. The van der Waals surface area contributed by atoms with Crippen LogP contribution in [0.25, 0.3) is 16.9 Å². The van der Waals surface area contributed by atoms with Gasteiger partial charge in [0.1, 0.15) is 11.4 Å². The van der Waals surface area contributed by atoms with Crippen LogP contribution in [0, 0.1) is 0 Å². The summed E-state index contributed by atoms with van der Waals surface area (Å²) >= 11 is 6.43. The summed E-state index contributed by atoms with van der Waals surface area (Å²) in [6, 6.07) is 16.6. The van der Waals surface area contributed by atoms with Crippen molar-refractivity contribution in [2.75, 3.05) is 33.3 Å². The molecule has 0 spiro atoms. The molecule has 2 amide bonds. The van der Waals surface area contributed by atoms with Crippen LogP contribution < -0.4 is 4.74 Å². The molecule has 1 aliphatic rings. The molecular weight excluding hydrogens is 416 g/mol. The average Bonchev–Trinajstić information content (AvgIpc) is 3.24. The van der Waals surface area contributed by atoms with Crippen LogP contribution in [0.1, 0.15) is 17.4 Å². The number of hydrogen-bond acceptors (Lipinski definition) is 4. The van der Waals surface area contributed by atoms with Gasteiger partial charge in [0, 0.05) is 38.7 Å².